The summed E-state index contributed by atoms with van der Waals surface area (Å²) < 4.78 is 10.0. The summed E-state index contributed by atoms with van der Waals surface area (Å²) in [7, 11) is 3.39. The van der Waals surface area contributed by atoms with E-state index in [1.807, 2.05) is 24.3 Å². The Balaban J connectivity index is 0.000000180. The molecule has 0 unspecified atom stereocenters. The Morgan fingerprint density at radius 2 is 1.50 bits per heavy atom. The van der Waals surface area contributed by atoms with Gasteiger partial charge >= 0.3 is 0 Å². The lowest BCUT2D eigenvalue weighted by atomic mass is 10.1. The molecule has 18 heavy (non-hydrogen) atoms. The molecule has 2 rings (SSSR count). The zero-order chi connectivity index (χ0) is 13.4. The van der Waals surface area contributed by atoms with E-state index in [-0.39, 0.29) is 0 Å². The van der Waals surface area contributed by atoms with Crippen molar-refractivity contribution >= 4 is 0 Å². The highest BCUT2D eigenvalue weighted by Gasteiger charge is 1.99. The lowest BCUT2D eigenvalue weighted by Gasteiger charge is -2.08. The molecule has 0 fully saturated rings. The first-order chi connectivity index (χ1) is 8.65. The molecule has 1 aromatic carbocycles. The summed E-state index contributed by atoms with van der Waals surface area (Å²) in [6.07, 6.45) is 6.37. The summed E-state index contributed by atoms with van der Waals surface area (Å²) in [5.41, 5.74) is 2.70. The molecule has 0 bridgehead atoms. The lowest BCUT2D eigenvalue weighted by molar-refractivity contribution is 0.282. The van der Waals surface area contributed by atoms with E-state index < -0.39 is 0 Å². The summed E-state index contributed by atoms with van der Waals surface area (Å²) in [4.78, 5) is 0. The normalized spacial score (nSPS) is 13.8. The molecule has 0 aromatic heterocycles. The number of ether oxygens (including phenoxy) is 2. The smallest absolute Gasteiger partial charge is 0.118 e. The molecule has 1 aliphatic carbocycles. The second-order valence-corrected chi connectivity index (χ2v) is 4.35. The van der Waals surface area contributed by atoms with Crippen LogP contribution in [0, 0.1) is 6.92 Å². The Morgan fingerprint density at radius 3 is 1.94 bits per heavy atom. The second-order valence-electron chi connectivity index (χ2n) is 4.35. The van der Waals surface area contributed by atoms with Crippen LogP contribution >= 0.6 is 0 Å². The van der Waals surface area contributed by atoms with Gasteiger partial charge in [-0.25, -0.2) is 0 Å². The number of aryl methyl sites for hydroxylation is 1. The van der Waals surface area contributed by atoms with Gasteiger partial charge in [-0.15, -0.1) is 0 Å². The first-order valence-corrected chi connectivity index (χ1v) is 6.15. The third kappa shape index (κ3) is 5.09. The van der Waals surface area contributed by atoms with Gasteiger partial charge in [0.05, 0.1) is 20.0 Å². The number of rotatable bonds is 2. The summed E-state index contributed by atoms with van der Waals surface area (Å²) in [5, 5.41) is 0. The Labute approximate surface area is 110 Å². The zero-order valence-corrected chi connectivity index (χ0v) is 11.7. The topological polar surface area (TPSA) is 18.5 Å². The Morgan fingerprint density at radius 1 is 0.833 bits per heavy atom. The highest BCUT2D eigenvalue weighted by molar-refractivity contribution is 5.25. The fourth-order valence-electron chi connectivity index (χ4n) is 1.56. The fourth-order valence-corrected chi connectivity index (χ4v) is 1.56. The van der Waals surface area contributed by atoms with Gasteiger partial charge in [0.25, 0.3) is 0 Å². The monoisotopic (exact) mass is 246 g/mol. The summed E-state index contributed by atoms with van der Waals surface area (Å²) in [5.74, 6) is 2.02. The molecule has 2 nitrogen and oxygen atoms in total. The molecule has 1 aromatic rings. The van der Waals surface area contributed by atoms with Crippen LogP contribution in [-0.4, -0.2) is 14.2 Å². The fraction of sp³-hybridized carbons (Fsp3) is 0.375. The molecule has 0 N–H and O–H groups in total. The van der Waals surface area contributed by atoms with Gasteiger partial charge in [-0.3, -0.25) is 0 Å². The predicted octanol–water partition coefficient (Wildman–Crippen LogP) is 4.26. The molecule has 0 atom stereocenters. The highest BCUT2D eigenvalue weighted by Crippen LogP contribution is 2.16. The van der Waals surface area contributed by atoms with Crippen molar-refractivity contribution < 1.29 is 9.47 Å². The third-order valence-corrected chi connectivity index (χ3v) is 2.82. The molecule has 0 radical (unpaired) electrons. The molecule has 1 aliphatic rings. The van der Waals surface area contributed by atoms with Gasteiger partial charge < -0.3 is 9.47 Å². The minimum absolute atomic E-state index is 0.917. The zero-order valence-electron chi connectivity index (χ0n) is 11.7. The van der Waals surface area contributed by atoms with Crippen molar-refractivity contribution in [3.05, 3.63) is 53.3 Å². The Bertz CT molecular complexity index is 413. The van der Waals surface area contributed by atoms with Gasteiger partial charge in [0.1, 0.15) is 5.75 Å². The average molecular weight is 246 g/mol. The van der Waals surface area contributed by atoms with E-state index in [1.54, 1.807) is 14.2 Å². The van der Waals surface area contributed by atoms with Crippen LogP contribution in [0.4, 0.5) is 0 Å². The van der Waals surface area contributed by atoms with Gasteiger partial charge in [-0.1, -0.05) is 29.3 Å². The summed E-state index contributed by atoms with van der Waals surface area (Å²) in [6, 6.07) is 7.96. The van der Waals surface area contributed by atoms with Crippen LogP contribution in [0.5, 0.6) is 5.75 Å². The van der Waals surface area contributed by atoms with Crippen LogP contribution in [0.1, 0.15) is 25.3 Å². The Hall–Kier alpha value is -1.70. The van der Waals surface area contributed by atoms with Gasteiger partial charge in [-0.05, 0) is 38.5 Å². The van der Waals surface area contributed by atoms with Crippen molar-refractivity contribution in [1.82, 2.24) is 0 Å². The molecule has 0 saturated heterocycles. The molecule has 0 aliphatic heterocycles. The average Bonchev–Trinajstić information content (AvgIpc) is 2.41. The number of allylic oxidation sites excluding steroid dienone is 3. The van der Waals surface area contributed by atoms with Crippen molar-refractivity contribution in [2.75, 3.05) is 14.2 Å². The number of hydrogen-bond donors (Lipinski definition) is 0. The van der Waals surface area contributed by atoms with E-state index in [1.165, 1.54) is 11.1 Å². The van der Waals surface area contributed by atoms with Crippen molar-refractivity contribution in [1.29, 1.82) is 0 Å². The maximum atomic E-state index is 5.06. The van der Waals surface area contributed by atoms with Crippen molar-refractivity contribution in [2.45, 2.75) is 26.7 Å². The van der Waals surface area contributed by atoms with E-state index in [4.69, 9.17) is 9.47 Å². The third-order valence-electron chi connectivity index (χ3n) is 2.82. The first-order valence-electron chi connectivity index (χ1n) is 6.15. The molecule has 2 heteroatoms. The standard InChI is InChI=1S/C8H12O.C8H10O/c2*1-7-3-5-8(9-2)6-4-7/h3,6H,4-5H2,1-2H3;3-6H,1-2H3. The van der Waals surface area contributed by atoms with Crippen LogP contribution < -0.4 is 4.74 Å². The molecule has 0 saturated carbocycles. The van der Waals surface area contributed by atoms with Crippen LogP contribution in [0.3, 0.4) is 0 Å². The van der Waals surface area contributed by atoms with E-state index >= 15 is 0 Å². The minimum atomic E-state index is 0.917. The molecule has 0 heterocycles. The van der Waals surface area contributed by atoms with Crippen LogP contribution in [-0.2, 0) is 4.74 Å². The quantitative estimate of drug-likeness (QED) is 0.726. The SMILES string of the molecule is COC1=CCC(C)=CC1.COc1ccc(C)cc1. The van der Waals surface area contributed by atoms with Gasteiger partial charge in [-0.2, -0.15) is 0 Å². The minimum Gasteiger partial charge on any atom is -0.501 e. The highest BCUT2D eigenvalue weighted by atomic mass is 16.5. The van der Waals surface area contributed by atoms with E-state index in [2.05, 4.69) is 26.0 Å². The van der Waals surface area contributed by atoms with E-state index in [0.29, 0.717) is 0 Å². The maximum absolute atomic E-state index is 5.06. The van der Waals surface area contributed by atoms with Gasteiger partial charge in [0, 0.05) is 6.42 Å². The lowest BCUT2D eigenvalue weighted by Crippen LogP contribution is -1.91. The van der Waals surface area contributed by atoms with Crippen LogP contribution in [0.2, 0.25) is 0 Å². The van der Waals surface area contributed by atoms with Gasteiger partial charge in [0.2, 0.25) is 0 Å². The number of benzene rings is 1. The van der Waals surface area contributed by atoms with Crippen molar-refractivity contribution in [3.8, 4) is 5.75 Å². The predicted molar refractivity (Wildman–Crippen MR) is 75.8 cm³/mol. The van der Waals surface area contributed by atoms with E-state index in [9.17, 15) is 0 Å². The largest absolute Gasteiger partial charge is 0.501 e. The van der Waals surface area contributed by atoms with E-state index in [0.717, 1.165) is 24.4 Å². The first kappa shape index (κ1) is 14.4. The Kier molecular flexibility index (Phi) is 6.06. The van der Waals surface area contributed by atoms with Crippen LogP contribution in [0.25, 0.3) is 0 Å². The molecule has 0 amide bonds. The van der Waals surface area contributed by atoms with Crippen molar-refractivity contribution in [2.24, 2.45) is 0 Å². The van der Waals surface area contributed by atoms with Crippen molar-refractivity contribution in [3.63, 3.8) is 0 Å². The molecular weight excluding hydrogens is 224 g/mol. The number of methoxy groups -OCH3 is 2. The van der Waals surface area contributed by atoms with Gasteiger partial charge in [0.15, 0.2) is 0 Å². The molecular formula is C16H22O2. The summed E-state index contributed by atoms with van der Waals surface area (Å²) >= 11 is 0. The molecule has 0 spiro atoms. The summed E-state index contributed by atoms with van der Waals surface area (Å²) in [6.45, 7) is 4.20. The maximum Gasteiger partial charge on any atom is 0.118 e. The second kappa shape index (κ2) is 7.59. The number of hydrogen-bond acceptors (Lipinski definition) is 2. The molecule has 98 valence electrons. The van der Waals surface area contributed by atoms with Crippen LogP contribution in [0.15, 0.2) is 47.7 Å².